The van der Waals surface area contributed by atoms with E-state index in [1.807, 2.05) is 0 Å². The lowest BCUT2D eigenvalue weighted by Crippen LogP contribution is -2.26. The lowest BCUT2D eigenvalue weighted by molar-refractivity contribution is 0.163. The van der Waals surface area contributed by atoms with Crippen LogP contribution in [0.3, 0.4) is 0 Å². The second-order valence-electron chi connectivity index (χ2n) is 1.66. The van der Waals surface area contributed by atoms with E-state index in [1.165, 1.54) is 0 Å². The molecule has 10 heavy (non-hydrogen) atoms. The Hall–Kier alpha value is -1.72. The number of hydrogen-bond donors (Lipinski definition) is 4. The van der Waals surface area contributed by atoms with Gasteiger partial charge in [0.1, 0.15) is 0 Å². The highest BCUT2D eigenvalue weighted by Crippen LogP contribution is 2.11. The van der Waals surface area contributed by atoms with Crippen molar-refractivity contribution >= 4 is 0 Å². The molecule has 0 aliphatic carbocycles. The third-order valence-electron chi connectivity index (χ3n) is 0.926. The van der Waals surface area contributed by atoms with E-state index in [0.29, 0.717) is 0 Å². The first-order valence-electron chi connectivity index (χ1n) is 2.47. The molecule has 0 aromatic heterocycles. The van der Waals surface area contributed by atoms with Gasteiger partial charge in [-0.3, -0.25) is 0 Å². The van der Waals surface area contributed by atoms with E-state index in [1.54, 1.807) is 0 Å². The van der Waals surface area contributed by atoms with Gasteiger partial charge in [0.2, 0.25) is 0 Å². The maximum atomic E-state index is 5.17. The second-order valence-corrected chi connectivity index (χ2v) is 1.66. The monoisotopic (exact) mass is 144 g/mol. The van der Waals surface area contributed by atoms with Crippen molar-refractivity contribution in [1.29, 1.82) is 0 Å². The standard InChI is InChI=1S/C4H8N4O2/c5-1-2(6)10-4(8)3(7)9-1/h5-8H2. The second kappa shape index (κ2) is 1.90. The van der Waals surface area contributed by atoms with Gasteiger partial charge in [0, 0.05) is 0 Å². The van der Waals surface area contributed by atoms with Crippen LogP contribution in [0, 0.1) is 0 Å². The summed E-state index contributed by atoms with van der Waals surface area (Å²) in [6, 6.07) is 0. The minimum absolute atomic E-state index is 0.0771. The summed E-state index contributed by atoms with van der Waals surface area (Å²) in [7, 11) is 0. The van der Waals surface area contributed by atoms with Gasteiger partial charge >= 0.3 is 0 Å². The van der Waals surface area contributed by atoms with Crippen molar-refractivity contribution in [2.75, 3.05) is 0 Å². The summed E-state index contributed by atoms with van der Waals surface area (Å²) in [5, 5.41) is 0. The minimum atomic E-state index is -0.0771. The van der Waals surface area contributed by atoms with Gasteiger partial charge < -0.3 is 32.4 Å². The highest BCUT2D eigenvalue weighted by atomic mass is 16.6. The van der Waals surface area contributed by atoms with E-state index in [2.05, 4.69) is 9.47 Å². The van der Waals surface area contributed by atoms with Crippen molar-refractivity contribution in [3.63, 3.8) is 0 Å². The van der Waals surface area contributed by atoms with Crippen LogP contribution in [-0.2, 0) is 9.47 Å². The number of ether oxygens (including phenoxy) is 2. The molecule has 1 heterocycles. The van der Waals surface area contributed by atoms with Crippen LogP contribution in [-0.4, -0.2) is 0 Å². The Labute approximate surface area is 57.0 Å². The van der Waals surface area contributed by atoms with Crippen LogP contribution in [0.1, 0.15) is 0 Å². The molecule has 0 radical (unpaired) electrons. The Morgan fingerprint density at radius 2 is 0.800 bits per heavy atom. The van der Waals surface area contributed by atoms with Crippen LogP contribution in [0.5, 0.6) is 0 Å². The molecule has 1 aliphatic heterocycles. The predicted octanol–water partition coefficient (Wildman–Crippen LogP) is -1.88. The van der Waals surface area contributed by atoms with Crippen LogP contribution >= 0.6 is 0 Å². The smallest absolute Gasteiger partial charge is 0.253 e. The summed E-state index contributed by atoms with van der Waals surface area (Å²) in [5.74, 6) is -0.309. The van der Waals surface area contributed by atoms with Crippen molar-refractivity contribution in [3.8, 4) is 0 Å². The number of hydrogen-bond acceptors (Lipinski definition) is 6. The number of rotatable bonds is 0. The van der Waals surface area contributed by atoms with Crippen LogP contribution in [0.4, 0.5) is 0 Å². The number of nitrogens with two attached hydrogens (primary N) is 4. The molecule has 1 aliphatic rings. The first-order chi connectivity index (χ1) is 4.61. The third kappa shape index (κ3) is 0.859. The van der Waals surface area contributed by atoms with E-state index in [0.717, 1.165) is 0 Å². The molecule has 0 aromatic carbocycles. The fraction of sp³-hybridized carbons (Fsp3) is 0. The first kappa shape index (κ1) is 6.40. The van der Waals surface area contributed by atoms with E-state index < -0.39 is 0 Å². The Morgan fingerprint density at radius 3 is 1.00 bits per heavy atom. The molecule has 0 atom stereocenters. The van der Waals surface area contributed by atoms with Gasteiger partial charge in [-0.15, -0.1) is 0 Å². The molecule has 0 saturated heterocycles. The predicted molar refractivity (Wildman–Crippen MR) is 33.0 cm³/mol. The maximum Gasteiger partial charge on any atom is 0.253 e. The molecule has 6 nitrogen and oxygen atoms in total. The quantitative estimate of drug-likeness (QED) is 0.315. The molecule has 0 fully saturated rings. The van der Waals surface area contributed by atoms with Crippen LogP contribution in [0.15, 0.2) is 23.5 Å². The molecule has 0 saturated carbocycles. The van der Waals surface area contributed by atoms with Gasteiger partial charge in [-0.2, -0.15) is 0 Å². The van der Waals surface area contributed by atoms with Gasteiger partial charge in [-0.1, -0.05) is 0 Å². The highest BCUT2D eigenvalue weighted by Gasteiger charge is 2.15. The SMILES string of the molecule is NC1=C(N)OC(N)=C(N)O1. The van der Waals surface area contributed by atoms with Gasteiger partial charge in [-0.05, 0) is 0 Å². The minimum Gasteiger partial charge on any atom is -0.415 e. The molecular weight excluding hydrogens is 136 g/mol. The molecule has 0 amide bonds. The molecular formula is C4H8N4O2. The fourth-order valence-corrected chi connectivity index (χ4v) is 0.438. The molecule has 1 rings (SSSR count). The average Bonchev–Trinajstić information content (AvgIpc) is 1.84. The summed E-state index contributed by atoms with van der Waals surface area (Å²) in [5.41, 5.74) is 20.7. The van der Waals surface area contributed by atoms with Crippen molar-refractivity contribution in [3.05, 3.63) is 23.5 Å². The summed E-state index contributed by atoms with van der Waals surface area (Å²) in [6.07, 6.45) is 0. The zero-order valence-corrected chi connectivity index (χ0v) is 5.13. The summed E-state index contributed by atoms with van der Waals surface area (Å²) >= 11 is 0. The van der Waals surface area contributed by atoms with Crippen LogP contribution in [0.25, 0.3) is 0 Å². The van der Waals surface area contributed by atoms with Gasteiger partial charge in [0.25, 0.3) is 23.5 Å². The molecule has 6 heteroatoms. The van der Waals surface area contributed by atoms with Crippen molar-refractivity contribution in [2.24, 2.45) is 22.9 Å². The topological polar surface area (TPSA) is 123 Å². The maximum absolute atomic E-state index is 5.17. The molecule has 0 spiro atoms. The van der Waals surface area contributed by atoms with Crippen LogP contribution in [0.2, 0.25) is 0 Å². The molecule has 0 bridgehead atoms. The van der Waals surface area contributed by atoms with Crippen molar-refractivity contribution < 1.29 is 9.47 Å². The molecule has 8 N–H and O–H groups in total. The molecule has 0 aromatic rings. The summed E-state index contributed by atoms with van der Waals surface area (Å²) < 4.78 is 9.30. The highest BCUT2D eigenvalue weighted by molar-refractivity contribution is 5.08. The Kier molecular flexibility index (Phi) is 1.22. The van der Waals surface area contributed by atoms with E-state index in [9.17, 15) is 0 Å². The van der Waals surface area contributed by atoms with E-state index in [-0.39, 0.29) is 23.5 Å². The Balaban J connectivity index is 2.81. The third-order valence-corrected chi connectivity index (χ3v) is 0.926. The Morgan fingerprint density at radius 1 is 0.600 bits per heavy atom. The zero-order valence-electron chi connectivity index (χ0n) is 5.13. The first-order valence-corrected chi connectivity index (χ1v) is 2.47. The summed E-state index contributed by atoms with van der Waals surface area (Å²) in [4.78, 5) is 0. The normalized spacial score (nSPS) is 18.4. The fourth-order valence-electron chi connectivity index (χ4n) is 0.438. The van der Waals surface area contributed by atoms with E-state index in [4.69, 9.17) is 22.9 Å². The zero-order chi connectivity index (χ0) is 7.72. The summed E-state index contributed by atoms with van der Waals surface area (Å²) in [6.45, 7) is 0. The molecule has 56 valence electrons. The molecule has 0 unspecified atom stereocenters. The lowest BCUT2D eigenvalue weighted by Gasteiger charge is -2.16. The lowest BCUT2D eigenvalue weighted by atomic mass is 10.6. The van der Waals surface area contributed by atoms with E-state index >= 15 is 0 Å². The van der Waals surface area contributed by atoms with Gasteiger partial charge in [0.05, 0.1) is 0 Å². The van der Waals surface area contributed by atoms with Gasteiger partial charge in [0.15, 0.2) is 0 Å². The van der Waals surface area contributed by atoms with Gasteiger partial charge in [-0.25, -0.2) is 0 Å². The average molecular weight is 144 g/mol. The van der Waals surface area contributed by atoms with Crippen LogP contribution < -0.4 is 22.9 Å². The van der Waals surface area contributed by atoms with Crippen molar-refractivity contribution in [2.45, 2.75) is 0 Å². The largest absolute Gasteiger partial charge is 0.415 e. The Bertz CT molecular complexity index is 175. The van der Waals surface area contributed by atoms with Crippen molar-refractivity contribution in [1.82, 2.24) is 0 Å².